The van der Waals surface area contributed by atoms with Crippen LogP contribution in [-0.4, -0.2) is 12.5 Å². The Kier molecular flexibility index (Phi) is 5.06. The van der Waals surface area contributed by atoms with Crippen LogP contribution in [0.2, 0.25) is 5.02 Å². The molecule has 1 aromatic rings. The van der Waals surface area contributed by atoms with Crippen LogP contribution in [0, 0.1) is 5.92 Å². The fourth-order valence-electron chi connectivity index (χ4n) is 2.59. The van der Waals surface area contributed by atoms with Gasteiger partial charge in [-0.1, -0.05) is 36.6 Å². The van der Waals surface area contributed by atoms with Crippen molar-refractivity contribution in [1.82, 2.24) is 5.32 Å². The monoisotopic (exact) mass is 265 g/mol. The molecule has 0 aromatic heterocycles. The van der Waals surface area contributed by atoms with Crippen LogP contribution in [0.5, 0.6) is 0 Å². The van der Waals surface area contributed by atoms with Gasteiger partial charge < -0.3 is 5.32 Å². The third-order valence-corrected chi connectivity index (χ3v) is 3.81. The molecule has 1 aliphatic carbocycles. The standard InChI is InChI=1S/C15H20ClNO/c16-14-7-3-6-13(10-14)8-9-17-15(18)11-12-4-1-2-5-12/h3,6-7,10,12H,1-2,4-5,8-9,11H2,(H,17,18). The number of halogens is 1. The Labute approximate surface area is 114 Å². The van der Waals surface area contributed by atoms with Crippen LogP contribution < -0.4 is 5.32 Å². The molecule has 0 bridgehead atoms. The molecule has 98 valence electrons. The first-order valence-electron chi connectivity index (χ1n) is 6.75. The molecule has 0 saturated heterocycles. The summed E-state index contributed by atoms with van der Waals surface area (Å²) in [7, 11) is 0. The van der Waals surface area contributed by atoms with Crippen molar-refractivity contribution in [3.63, 3.8) is 0 Å². The molecule has 0 unspecified atom stereocenters. The second-order valence-corrected chi connectivity index (χ2v) is 5.52. The zero-order chi connectivity index (χ0) is 12.8. The van der Waals surface area contributed by atoms with Crippen molar-refractivity contribution < 1.29 is 4.79 Å². The first kappa shape index (κ1) is 13.4. The number of rotatable bonds is 5. The number of carbonyl (C=O) groups is 1. The summed E-state index contributed by atoms with van der Waals surface area (Å²) in [6.45, 7) is 0.700. The predicted octanol–water partition coefficient (Wildman–Crippen LogP) is 3.58. The van der Waals surface area contributed by atoms with E-state index in [0.29, 0.717) is 18.9 Å². The molecular formula is C15H20ClNO. The maximum atomic E-state index is 11.7. The minimum absolute atomic E-state index is 0.198. The lowest BCUT2D eigenvalue weighted by molar-refractivity contribution is -0.121. The minimum Gasteiger partial charge on any atom is -0.356 e. The summed E-state index contributed by atoms with van der Waals surface area (Å²) >= 11 is 5.91. The number of hydrogen-bond acceptors (Lipinski definition) is 1. The number of hydrogen-bond donors (Lipinski definition) is 1. The Bertz CT molecular complexity index is 399. The third-order valence-electron chi connectivity index (χ3n) is 3.57. The lowest BCUT2D eigenvalue weighted by atomic mass is 10.0. The molecule has 1 N–H and O–H groups in total. The van der Waals surface area contributed by atoms with E-state index in [4.69, 9.17) is 11.6 Å². The molecule has 0 aliphatic heterocycles. The van der Waals surface area contributed by atoms with Crippen LogP contribution in [0.25, 0.3) is 0 Å². The molecule has 2 rings (SSSR count). The number of amides is 1. The van der Waals surface area contributed by atoms with Gasteiger partial charge in [0.05, 0.1) is 0 Å². The van der Waals surface area contributed by atoms with Crippen molar-refractivity contribution in [3.8, 4) is 0 Å². The number of nitrogens with one attached hydrogen (secondary N) is 1. The van der Waals surface area contributed by atoms with E-state index >= 15 is 0 Å². The highest BCUT2D eigenvalue weighted by molar-refractivity contribution is 6.30. The zero-order valence-electron chi connectivity index (χ0n) is 10.6. The van der Waals surface area contributed by atoms with E-state index in [0.717, 1.165) is 11.4 Å². The van der Waals surface area contributed by atoms with Crippen molar-refractivity contribution in [1.29, 1.82) is 0 Å². The van der Waals surface area contributed by atoms with Crippen molar-refractivity contribution >= 4 is 17.5 Å². The predicted molar refractivity (Wildman–Crippen MR) is 74.7 cm³/mol. The van der Waals surface area contributed by atoms with Crippen molar-refractivity contribution in [2.75, 3.05) is 6.54 Å². The Hall–Kier alpha value is -1.02. The van der Waals surface area contributed by atoms with Gasteiger partial charge in [-0.3, -0.25) is 4.79 Å². The summed E-state index contributed by atoms with van der Waals surface area (Å²) in [6.07, 6.45) is 6.58. The second kappa shape index (κ2) is 6.79. The molecule has 1 saturated carbocycles. The fraction of sp³-hybridized carbons (Fsp3) is 0.533. The van der Waals surface area contributed by atoms with Crippen molar-refractivity contribution in [2.24, 2.45) is 5.92 Å². The van der Waals surface area contributed by atoms with E-state index in [1.54, 1.807) is 0 Å². The molecule has 0 spiro atoms. The average molecular weight is 266 g/mol. The highest BCUT2D eigenvalue weighted by Crippen LogP contribution is 2.27. The molecule has 1 fully saturated rings. The second-order valence-electron chi connectivity index (χ2n) is 5.08. The molecule has 1 aromatic carbocycles. The Morgan fingerprint density at radius 3 is 2.83 bits per heavy atom. The Balaban J connectivity index is 1.66. The molecule has 18 heavy (non-hydrogen) atoms. The van der Waals surface area contributed by atoms with Gasteiger partial charge in [-0.2, -0.15) is 0 Å². The van der Waals surface area contributed by atoms with Crippen LogP contribution in [0.15, 0.2) is 24.3 Å². The average Bonchev–Trinajstić information content (AvgIpc) is 2.82. The van der Waals surface area contributed by atoms with Crippen LogP contribution in [0.3, 0.4) is 0 Å². The van der Waals surface area contributed by atoms with Crippen LogP contribution in [0.4, 0.5) is 0 Å². The van der Waals surface area contributed by atoms with Gasteiger partial charge in [0.1, 0.15) is 0 Å². The summed E-state index contributed by atoms with van der Waals surface area (Å²) < 4.78 is 0. The van der Waals surface area contributed by atoms with E-state index in [1.165, 1.54) is 31.2 Å². The summed E-state index contributed by atoms with van der Waals surface area (Å²) in [4.78, 5) is 11.7. The lowest BCUT2D eigenvalue weighted by Crippen LogP contribution is -2.27. The van der Waals surface area contributed by atoms with E-state index < -0.39 is 0 Å². The summed E-state index contributed by atoms with van der Waals surface area (Å²) in [5.74, 6) is 0.820. The zero-order valence-corrected chi connectivity index (χ0v) is 11.4. The number of benzene rings is 1. The van der Waals surface area contributed by atoms with E-state index in [9.17, 15) is 4.79 Å². The SMILES string of the molecule is O=C(CC1CCCC1)NCCc1cccc(Cl)c1. The molecule has 3 heteroatoms. The molecule has 2 nitrogen and oxygen atoms in total. The van der Waals surface area contributed by atoms with Crippen LogP contribution in [0.1, 0.15) is 37.7 Å². The van der Waals surface area contributed by atoms with Crippen LogP contribution in [-0.2, 0) is 11.2 Å². The van der Waals surface area contributed by atoms with E-state index in [1.807, 2.05) is 24.3 Å². The maximum absolute atomic E-state index is 11.7. The largest absolute Gasteiger partial charge is 0.356 e. The highest BCUT2D eigenvalue weighted by Gasteiger charge is 2.17. The van der Waals surface area contributed by atoms with Crippen molar-refractivity contribution in [2.45, 2.75) is 38.5 Å². The summed E-state index contributed by atoms with van der Waals surface area (Å²) in [5.41, 5.74) is 1.17. The van der Waals surface area contributed by atoms with Gasteiger partial charge in [-0.05, 0) is 42.9 Å². The smallest absolute Gasteiger partial charge is 0.220 e. The first-order chi connectivity index (χ1) is 8.74. The molecule has 0 atom stereocenters. The topological polar surface area (TPSA) is 29.1 Å². The van der Waals surface area contributed by atoms with Gasteiger partial charge in [-0.25, -0.2) is 0 Å². The van der Waals surface area contributed by atoms with Gasteiger partial charge in [0.15, 0.2) is 0 Å². The molecule has 0 heterocycles. The fourth-order valence-corrected chi connectivity index (χ4v) is 2.80. The maximum Gasteiger partial charge on any atom is 0.220 e. The summed E-state index contributed by atoms with van der Waals surface area (Å²) in [5, 5.41) is 3.75. The Morgan fingerprint density at radius 1 is 1.33 bits per heavy atom. The molecule has 0 radical (unpaired) electrons. The molecule has 1 amide bonds. The Morgan fingerprint density at radius 2 is 2.11 bits per heavy atom. The van der Waals surface area contributed by atoms with Gasteiger partial charge in [0.25, 0.3) is 0 Å². The van der Waals surface area contributed by atoms with Gasteiger partial charge in [-0.15, -0.1) is 0 Å². The van der Waals surface area contributed by atoms with Gasteiger partial charge in [0, 0.05) is 18.0 Å². The third kappa shape index (κ3) is 4.34. The number of carbonyl (C=O) groups excluding carboxylic acids is 1. The quantitative estimate of drug-likeness (QED) is 0.866. The van der Waals surface area contributed by atoms with Crippen LogP contribution >= 0.6 is 11.6 Å². The van der Waals surface area contributed by atoms with Gasteiger partial charge in [0.2, 0.25) is 5.91 Å². The van der Waals surface area contributed by atoms with Gasteiger partial charge >= 0.3 is 0 Å². The lowest BCUT2D eigenvalue weighted by Gasteiger charge is -2.09. The van der Waals surface area contributed by atoms with Crippen molar-refractivity contribution in [3.05, 3.63) is 34.9 Å². The van der Waals surface area contributed by atoms with E-state index in [2.05, 4.69) is 5.32 Å². The van der Waals surface area contributed by atoms with E-state index in [-0.39, 0.29) is 5.91 Å². The normalized spacial score (nSPS) is 15.8. The summed E-state index contributed by atoms with van der Waals surface area (Å²) in [6, 6.07) is 7.79. The molecular weight excluding hydrogens is 246 g/mol. The minimum atomic E-state index is 0.198. The highest BCUT2D eigenvalue weighted by atomic mass is 35.5. The first-order valence-corrected chi connectivity index (χ1v) is 7.13. The molecule has 1 aliphatic rings.